The van der Waals surface area contributed by atoms with Gasteiger partial charge in [0, 0.05) is 32.1 Å². The van der Waals surface area contributed by atoms with Gasteiger partial charge in [-0.05, 0) is 37.5 Å². The van der Waals surface area contributed by atoms with Gasteiger partial charge < -0.3 is 4.90 Å². The van der Waals surface area contributed by atoms with Gasteiger partial charge in [-0.15, -0.1) is 0 Å². The molecule has 3 fully saturated rings. The first-order valence-corrected chi connectivity index (χ1v) is 8.15. The maximum Gasteiger partial charge on any atom is 0.225 e. The van der Waals surface area contributed by atoms with E-state index in [9.17, 15) is 10.1 Å². The zero-order chi connectivity index (χ0) is 14.1. The molecule has 4 heteroatoms. The molecule has 0 aromatic rings. The molecule has 0 aromatic heterocycles. The van der Waals surface area contributed by atoms with Crippen molar-refractivity contribution in [2.24, 2.45) is 17.8 Å². The monoisotopic (exact) mass is 275 g/mol. The highest BCUT2D eigenvalue weighted by atomic mass is 16.2. The Morgan fingerprint density at radius 2 is 1.85 bits per heavy atom. The molecule has 1 amide bonds. The van der Waals surface area contributed by atoms with Crippen LogP contribution in [0.5, 0.6) is 0 Å². The zero-order valence-electron chi connectivity index (χ0n) is 12.4. The zero-order valence-corrected chi connectivity index (χ0v) is 12.4. The molecule has 2 saturated carbocycles. The minimum atomic E-state index is 0.0383. The van der Waals surface area contributed by atoms with Crippen molar-refractivity contribution in [1.29, 1.82) is 5.26 Å². The first-order chi connectivity index (χ1) is 9.72. The fourth-order valence-electron chi connectivity index (χ4n) is 4.03. The highest BCUT2D eigenvalue weighted by molar-refractivity contribution is 5.79. The van der Waals surface area contributed by atoms with Crippen LogP contribution in [0, 0.1) is 29.1 Å². The van der Waals surface area contributed by atoms with Crippen molar-refractivity contribution in [2.45, 2.75) is 45.1 Å². The summed E-state index contributed by atoms with van der Waals surface area (Å²) in [6.45, 7) is 5.47. The molecule has 3 aliphatic rings. The summed E-state index contributed by atoms with van der Waals surface area (Å²) in [7, 11) is 0. The fourth-order valence-corrected chi connectivity index (χ4v) is 4.03. The van der Waals surface area contributed by atoms with Gasteiger partial charge in [0.15, 0.2) is 0 Å². The number of nitrogens with zero attached hydrogens (tertiary/aromatic N) is 3. The van der Waals surface area contributed by atoms with E-state index >= 15 is 0 Å². The molecule has 20 heavy (non-hydrogen) atoms. The summed E-state index contributed by atoms with van der Waals surface area (Å²) in [6.07, 6.45) is 5.64. The van der Waals surface area contributed by atoms with Gasteiger partial charge in [0.2, 0.25) is 5.91 Å². The molecule has 3 unspecified atom stereocenters. The van der Waals surface area contributed by atoms with Crippen LogP contribution < -0.4 is 0 Å². The number of hydrogen-bond acceptors (Lipinski definition) is 3. The number of carbonyl (C=O) groups excluding carboxylic acids is 1. The van der Waals surface area contributed by atoms with E-state index in [4.69, 9.17) is 0 Å². The fraction of sp³-hybridized carbons (Fsp3) is 0.875. The van der Waals surface area contributed by atoms with E-state index in [0.717, 1.165) is 63.7 Å². The molecule has 0 radical (unpaired) electrons. The summed E-state index contributed by atoms with van der Waals surface area (Å²) >= 11 is 0. The number of fused-ring (bicyclic) bond motifs is 1. The first kappa shape index (κ1) is 13.9. The Morgan fingerprint density at radius 3 is 2.40 bits per heavy atom. The molecule has 0 spiro atoms. The number of piperazine rings is 1. The summed E-state index contributed by atoms with van der Waals surface area (Å²) in [5.41, 5.74) is 0. The first-order valence-electron chi connectivity index (χ1n) is 8.15. The van der Waals surface area contributed by atoms with E-state index in [-0.39, 0.29) is 6.04 Å². The Morgan fingerprint density at radius 1 is 1.20 bits per heavy atom. The van der Waals surface area contributed by atoms with E-state index in [1.807, 2.05) is 4.90 Å². The molecule has 1 heterocycles. The van der Waals surface area contributed by atoms with Crippen LogP contribution in [0.25, 0.3) is 0 Å². The predicted octanol–water partition coefficient (Wildman–Crippen LogP) is 1.87. The van der Waals surface area contributed by atoms with Crippen molar-refractivity contribution in [3.05, 3.63) is 0 Å². The molecule has 4 nitrogen and oxygen atoms in total. The van der Waals surface area contributed by atoms with Gasteiger partial charge in [-0.25, -0.2) is 0 Å². The van der Waals surface area contributed by atoms with Crippen LogP contribution in [0.4, 0.5) is 0 Å². The van der Waals surface area contributed by atoms with Crippen LogP contribution in [0.2, 0.25) is 0 Å². The molecule has 0 bridgehead atoms. The van der Waals surface area contributed by atoms with E-state index in [1.54, 1.807) is 0 Å². The van der Waals surface area contributed by atoms with Crippen molar-refractivity contribution in [3.8, 4) is 6.07 Å². The molecule has 3 atom stereocenters. The van der Waals surface area contributed by atoms with Gasteiger partial charge in [-0.2, -0.15) is 5.26 Å². The van der Waals surface area contributed by atoms with Crippen LogP contribution in [0.3, 0.4) is 0 Å². The number of hydrogen-bond donors (Lipinski definition) is 0. The van der Waals surface area contributed by atoms with Crippen LogP contribution in [0.15, 0.2) is 0 Å². The molecule has 3 rings (SSSR count). The highest BCUT2D eigenvalue weighted by Crippen LogP contribution is 2.54. The smallest absolute Gasteiger partial charge is 0.225 e. The second-order valence-corrected chi connectivity index (χ2v) is 6.72. The Hall–Kier alpha value is -1.08. The maximum absolute atomic E-state index is 12.5. The predicted molar refractivity (Wildman–Crippen MR) is 76.8 cm³/mol. The average Bonchev–Trinajstić information content (AvgIpc) is 3.10. The van der Waals surface area contributed by atoms with Crippen molar-refractivity contribution < 1.29 is 4.79 Å². The van der Waals surface area contributed by atoms with E-state index in [0.29, 0.717) is 11.8 Å². The van der Waals surface area contributed by atoms with Crippen LogP contribution in [0.1, 0.15) is 39.0 Å². The van der Waals surface area contributed by atoms with Crippen molar-refractivity contribution in [3.63, 3.8) is 0 Å². The highest BCUT2D eigenvalue weighted by Gasteiger charge is 2.48. The average molecular weight is 275 g/mol. The third kappa shape index (κ3) is 2.69. The summed E-state index contributed by atoms with van der Waals surface area (Å²) in [4.78, 5) is 16.8. The van der Waals surface area contributed by atoms with Gasteiger partial charge in [-0.3, -0.25) is 9.69 Å². The summed E-state index contributed by atoms with van der Waals surface area (Å²) in [5, 5.41) is 9.22. The summed E-state index contributed by atoms with van der Waals surface area (Å²) in [5.74, 6) is 2.45. The SMILES string of the molecule is CCCC(C#N)N1CCN(C(=O)C2CC3CC3C2)CC1. The number of carbonyl (C=O) groups is 1. The lowest BCUT2D eigenvalue weighted by molar-refractivity contribution is -0.137. The third-order valence-electron chi connectivity index (χ3n) is 5.37. The lowest BCUT2D eigenvalue weighted by Gasteiger charge is -2.38. The summed E-state index contributed by atoms with van der Waals surface area (Å²) < 4.78 is 0. The molecule has 110 valence electrons. The molecular formula is C16H25N3O. The van der Waals surface area contributed by atoms with Gasteiger partial charge in [0.1, 0.15) is 0 Å². The molecule has 1 saturated heterocycles. The Kier molecular flexibility index (Phi) is 3.98. The Balaban J connectivity index is 1.48. The van der Waals surface area contributed by atoms with Gasteiger partial charge >= 0.3 is 0 Å². The quantitative estimate of drug-likeness (QED) is 0.787. The van der Waals surface area contributed by atoms with Gasteiger partial charge in [-0.1, -0.05) is 13.3 Å². The van der Waals surface area contributed by atoms with Gasteiger partial charge in [0.25, 0.3) is 0 Å². The molecule has 2 aliphatic carbocycles. The van der Waals surface area contributed by atoms with Crippen LogP contribution >= 0.6 is 0 Å². The standard InChI is InChI=1S/C16H25N3O/c1-2-3-15(11-17)18-4-6-19(7-5-18)16(20)14-9-12-8-13(12)10-14/h12-15H,2-10H2,1H3. The number of amides is 1. The molecule has 1 aliphatic heterocycles. The minimum Gasteiger partial charge on any atom is -0.340 e. The minimum absolute atomic E-state index is 0.0383. The number of rotatable bonds is 4. The number of nitriles is 1. The second-order valence-electron chi connectivity index (χ2n) is 6.72. The third-order valence-corrected chi connectivity index (χ3v) is 5.37. The normalized spacial score (nSPS) is 34.4. The van der Waals surface area contributed by atoms with E-state index in [2.05, 4.69) is 17.9 Å². The lowest BCUT2D eigenvalue weighted by atomic mass is 10.0. The van der Waals surface area contributed by atoms with Crippen molar-refractivity contribution in [1.82, 2.24) is 9.80 Å². The van der Waals surface area contributed by atoms with Crippen molar-refractivity contribution >= 4 is 5.91 Å². The van der Waals surface area contributed by atoms with E-state index in [1.165, 1.54) is 6.42 Å². The van der Waals surface area contributed by atoms with Crippen LogP contribution in [-0.2, 0) is 4.79 Å². The second kappa shape index (κ2) is 5.73. The van der Waals surface area contributed by atoms with Gasteiger partial charge in [0.05, 0.1) is 12.1 Å². The lowest BCUT2D eigenvalue weighted by Crippen LogP contribution is -2.52. The summed E-state index contributed by atoms with van der Waals surface area (Å²) in [6, 6.07) is 2.44. The van der Waals surface area contributed by atoms with Crippen molar-refractivity contribution in [2.75, 3.05) is 26.2 Å². The topological polar surface area (TPSA) is 47.3 Å². The van der Waals surface area contributed by atoms with Crippen LogP contribution in [-0.4, -0.2) is 47.9 Å². The maximum atomic E-state index is 12.5. The van der Waals surface area contributed by atoms with E-state index < -0.39 is 0 Å². The molecular weight excluding hydrogens is 250 g/mol. The largest absolute Gasteiger partial charge is 0.340 e. The Labute approximate surface area is 121 Å². The molecule has 0 aromatic carbocycles. The Bertz CT molecular complexity index is 398. The molecule has 0 N–H and O–H groups in total.